The zero-order valence-electron chi connectivity index (χ0n) is 7.84. The molecule has 1 nitrogen and oxygen atoms in total. The predicted molar refractivity (Wildman–Crippen MR) is 52.1 cm³/mol. The summed E-state index contributed by atoms with van der Waals surface area (Å²) in [6, 6.07) is 0. The van der Waals surface area contributed by atoms with E-state index in [0.29, 0.717) is 0 Å². The first kappa shape index (κ1) is 9.27. The van der Waals surface area contributed by atoms with E-state index in [4.69, 9.17) is 4.74 Å². The summed E-state index contributed by atoms with van der Waals surface area (Å²) >= 11 is 0. The fourth-order valence-corrected chi connectivity index (χ4v) is 1.35. The second kappa shape index (κ2) is 4.94. The molecule has 0 aliphatic heterocycles. The van der Waals surface area contributed by atoms with E-state index >= 15 is 0 Å². The Balaban J connectivity index is 2.82. The van der Waals surface area contributed by atoms with Crippen molar-refractivity contribution >= 4 is 0 Å². The van der Waals surface area contributed by atoms with Crippen LogP contribution >= 0.6 is 0 Å². The Morgan fingerprint density at radius 1 is 1.25 bits per heavy atom. The Morgan fingerprint density at radius 3 is 2.50 bits per heavy atom. The van der Waals surface area contributed by atoms with Crippen molar-refractivity contribution in [2.45, 2.75) is 19.8 Å². The average molecular weight is 164 g/mol. The Bertz CT molecular complexity index is 221. The molecule has 1 heteroatoms. The maximum absolute atomic E-state index is 5.13. The van der Waals surface area contributed by atoms with Gasteiger partial charge in [0.15, 0.2) is 0 Å². The molecule has 1 rings (SSSR count). The maximum atomic E-state index is 5.13. The number of hydrogen-bond donors (Lipinski definition) is 0. The van der Waals surface area contributed by atoms with Gasteiger partial charge < -0.3 is 4.74 Å². The second-order valence-electron chi connectivity index (χ2n) is 2.88. The molecule has 0 N–H and O–H groups in total. The molecule has 0 saturated heterocycles. The standard InChI is InChI=1S/C11H16O/c1-3-10-7-5-4-6-8-11(10)9-12-2/h5-8H,3-4,9H2,1-2H3. The largest absolute Gasteiger partial charge is 0.380 e. The van der Waals surface area contributed by atoms with Gasteiger partial charge in [0, 0.05) is 7.11 Å². The number of rotatable bonds is 3. The molecule has 1 aliphatic carbocycles. The highest BCUT2D eigenvalue weighted by Crippen LogP contribution is 2.15. The van der Waals surface area contributed by atoms with Crippen LogP contribution < -0.4 is 0 Å². The molecule has 0 saturated carbocycles. The van der Waals surface area contributed by atoms with Crippen LogP contribution in [0.15, 0.2) is 35.5 Å². The van der Waals surface area contributed by atoms with Gasteiger partial charge in [0.05, 0.1) is 6.61 Å². The quantitative estimate of drug-likeness (QED) is 0.623. The van der Waals surface area contributed by atoms with Crippen LogP contribution in [0, 0.1) is 0 Å². The Kier molecular flexibility index (Phi) is 3.81. The molecular weight excluding hydrogens is 148 g/mol. The van der Waals surface area contributed by atoms with Gasteiger partial charge in [-0.3, -0.25) is 0 Å². The highest BCUT2D eigenvalue weighted by atomic mass is 16.5. The molecule has 0 aromatic rings. The first-order chi connectivity index (χ1) is 5.88. The fraction of sp³-hybridized carbons (Fsp3) is 0.455. The molecule has 0 fully saturated rings. The molecule has 0 spiro atoms. The SMILES string of the molecule is CCC1=C(COC)C=CCC=C1. The number of methoxy groups -OCH3 is 1. The molecule has 0 radical (unpaired) electrons. The lowest BCUT2D eigenvalue weighted by Gasteiger charge is -2.04. The smallest absolute Gasteiger partial charge is 0.0715 e. The van der Waals surface area contributed by atoms with Crippen molar-refractivity contribution in [1.29, 1.82) is 0 Å². The molecule has 0 bridgehead atoms. The van der Waals surface area contributed by atoms with Crippen molar-refractivity contribution < 1.29 is 4.74 Å². The molecule has 0 aromatic carbocycles. The van der Waals surface area contributed by atoms with Gasteiger partial charge in [0.2, 0.25) is 0 Å². The van der Waals surface area contributed by atoms with E-state index in [1.165, 1.54) is 11.1 Å². The molecule has 0 aromatic heterocycles. The van der Waals surface area contributed by atoms with Crippen LogP contribution in [0.25, 0.3) is 0 Å². The van der Waals surface area contributed by atoms with Crippen LogP contribution in [0.5, 0.6) is 0 Å². The number of allylic oxidation sites excluding steroid dienone is 4. The first-order valence-corrected chi connectivity index (χ1v) is 4.42. The molecule has 1 aliphatic rings. The number of ether oxygens (including phenoxy) is 1. The van der Waals surface area contributed by atoms with Crippen LogP contribution in [-0.4, -0.2) is 13.7 Å². The van der Waals surface area contributed by atoms with Crippen molar-refractivity contribution in [3.63, 3.8) is 0 Å². The predicted octanol–water partition coefficient (Wildman–Crippen LogP) is 2.86. The zero-order chi connectivity index (χ0) is 8.81. The third-order valence-corrected chi connectivity index (χ3v) is 2.00. The molecule has 12 heavy (non-hydrogen) atoms. The summed E-state index contributed by atoms with van der Waals surface area (Å²) in [5, 5.41) is 0. The Labute approximate surface area is 74.4 Å². The zero-order valence-corrected chi connectivity index (χ0v) is 7.84. The lowest BCUT2D eigenvalue weighted by molar-refractivity contribution is 0.227. The average Bonchev–Trinajstić information content (AvgIpc) is 2.30. The van der Waals surface area contributed by atoms with Gasteiger partial charge in [0.25, 0.3) is 0 Å². The van der Waals surface area contributed by atoms with Crippen LogP contribution in [-0.2, 0) is 4.74 Å². The van der Waals surface area contributed by atoms with Crippen LogP contribution in [0.1, 0.15) is 19.8 Å². The van der Waals surface area contributed by atoms with Gasteiger partial charge in [-0.2, -0.15) is 0 Å². The summed E-state index contributed by atoms with van der Waals surface area (Å²) < 4.78 is 5.13. The van der Waals surface area contributed by atoms with Gasteiger partial charge in [0.1, 0.15) is 0 Å². The van der Waals surface area contributed by atoms with E-state index in [-0.39, 0.29) is 0 Å². The summed E-state index contributed by atoms with van der Waals surface area (Å²) in [7, 11) is 1.74. The van der Waals surface area contributed by atoms with Crippen LogP contribution in [0.4, 0.5) is 0 Å². The minimum Gasteiger partial charge on any atom is -0.380 e. The van der Waals surface area contributed by atoms with Gasteiger partial charge >= 0.3 is 0 Å². The van der Waals surface area contributed by atoms with Crippen LogP contribution in [0.2, 0.25) is 0 Å². The maximum Gasteiger partial charge on any atom is 0.0715 e. The topological polar surface area (TPSA) is 9.23 Å². The van der Waals surface area contributed by atoms with Gasteiger partial charge in [-0.05, 0) is 24.0 Å². The lowest BCUT2D eigenvalue weighted by atomic mass is 10.1. The Morgan fingerprint density at radius 2 is 1.92 bits per heavy atom. The first-order valence-electron chi connectivity index (χ1n) is 4.42. The van der Waals surface area contributed by atoms with E-state index in [1.54, 1.807) is 7.11 Å². The summed E-state index contributed by atoms with van der Waals surface area (Å²) in [5.74, 6) is 0. The molecule has 0 atom stereocenters. The molecule has 0 amide bonds. The van der Waals surface area contributed by atoms with E-state index in [1.807, 2.05) is 0 Å². The van der Waals surface area contributed by atoms with Gasteiger partial charge in [-0.15, -0.1) is 0 Å². The highest BCUT2D eigenvalue weighted by molar-refractivity contribution is 5.36. The molecular formula is C11H16O. The molecule has 66 valence electrons. The minimum absolute atomic E-state index is 0.726. The molecule has 0 heterocycles. The van der Waals surface area contributed by atoms with E-state index in [0.717, 1.165) is 19.4 Å². The van der Waals surface area contributed by atoms with Crippen molar-refractivity contribution in [3.8, 4) is 0 Å². The highest BCUT2D eigenvalue weighted by Gasteiger charge is 2.00. The van der Waals surface area contributed by atoms with Crippen molar-refractivity contribution in [2.75, 3.05) is 13.7 Å². The van der Waals surface area contributed by atoms with E-state index < -0.39 is 0 Å². The van der Waals surface area contributed by atoms with E-state index in [9.17, 15) is 0 Å². The van der Waals surface area contributed by atoms with Crippen molar-refractivity contribution in [2.24, 2.45) is 0 Å². The van der Waals surface area contributed by atoms with Gasteiger partial charge in [-0.1, -0.05) is 31.2 Å². The summed E-state index contributed by atoms with van der Waals surface area (Å²) in [5.41, 5.74) is 2.71. The van der Waals surface area contributed by atoms with Crippen molar-refractivity contribution in [3.05, 3.63) is 35.5 Å². The normalized spacial score (nSPS) is 16.8. The fourth-order valence-electron chi connectivity index (χ4n) is 1.35. The monoisotopic (exact) mass is 164 g/mol. The Hall–Kier alpha value is -0.820. The van der Waals surface area contributed by atoms with Crippen LogP contribution in [0.3, 0.4) is 0 Å². The number of hydrogen-bond acceptors (Lipinski definition) is 1. The molecule has 0 unspecified atom stereocenters. The minimum atomic E-state index is 0.726. The van der Waals surface area contributed by atoms with Crippen molar-refractivity contribution in [1.82, 2.24) is 0 Å². The van der Waals surface area contributed by atoms with Gasteiger partial charge in [-0.25, -0.2) is 0 Å². The van der Waals surface area contributed by atoms with E-state index in [2.05, 4.69) is 31.2 Å². The second-order valence-corrected chi connectivity index (χ2v) is 2.88. The summed E-state index contributed by atoms with van der Waals surface area (Å²) in [6.07, 6.45) is 10.9. The third kappa shape index (κ3) is 2.35. The third-order valence-electron chi connectivity index (χ3n) is 2.00. The lowest BCUT2D eigenvalue weighted by Crippen LogP contribution is -1.94. The summed E-state index contributed by atoms with van der Waals surface area (Å²) in [6.45, 7) is 2.90. The summed E-state index contributed by atoms with van der Waals surface area (Å²) in [4.78, 5) is 0.